The van der Waals surface area contributed by atoms with Crippen molar-refractivity contribution in [3.63, 3.8) is 0 Å². The molecule has 0 radical (unpaired) electrons. The minimum Gasteiger partial charge on any atom is -0.248 e. The zero-order valence-electron chi connectivity index (χ0n) is 11.2. The van der Waals surface area contributed by atoms with E-state index in [0.29, 0.717) is 18.1 Å². The summed E-state index contributed by atoms with van der Waals surface area (Å²) in [6.45, 7) is 0. The van der Waals surface area contributed by atoms with Crippen LogP contribution in [0.15, 0.2) is 40.3 Å². The molecule has 3 amide bonds. The molecule has 0 unspecified atom stereocenters. The molecular formula is C14H13N4O2+. The fraction of sp³-hybridized carbons (Fsp3) is 0.214. The summed E-state index contributed by atoms with van der Waals surface area (Å²) in [5.74, 6) is 0.475. The number of hydrogen-bond donors (Lipinski definition) is 0. The number of benzene rings is 1. The van der Waals surface area contributed by atoms with Crippen LogP contribution in [0.4, 0.5) is 4.79 Å². The third kappa shape index (κ3) is 1.85. The van der Waals surface area contributed by atoms with Crippen molar-refractivity contribution in [1.82, 2.24) is 4.90 Å². The first kappa shape index (κ1) is 12.4. The van der Waals surface area contributed by atoms with E-state index in [0.717, 1.165) is 10.5 Å². The highest BCUT2D eigenvalue weighted by Gasteiger charge is 2.44. The second-order valence-corrected chi connectivity index (χ2v) is 4.68. The molecule has 6 nitrogen and oxygen atoms in total. The number of aliphatic imine (C=N–C) groups is 2. The Hall–Kier alpha value is -2.63. The molecule has 3 rings (SSSR count). The molecule has 0 bridgehead atoms. The van der Waals surface area contributed by atoms with Crippen molar-refractivity contribution in [2.45, 2.75) is 6.42 Å². The van der Waals surface area contributed by atoms with Gasteiger partial charge in [-0.1, -0.05) is 35.3 Å². The Labute approximate surface area is 115 Å². The molecule has 1 aromatic rings. The molecule has 0 atom stereocenters. The van der Waals surface area contributed by atoms with Gasteiger partial charge >= 0.3 is 17.8 Å². The first-order chi connectivity index (χ1) is 9.58. The van der Waals surface area contributed by atoms with E-state index in [1.54, 1.807) is 7.05 Å². The third-order valence-corrected chi connectivity index (χ3v) is 3.29. The number of amidine groups is 2. The van der Waals surface area contributed by atoms with Crippen LogP contribution in [-0.2, 0) is 11.2 Å². The number of fused-ring (bicyclic) bond motifs is 1. The average Bonchev–Trinajstić information content (AvgIpc) is 2.88. The molecule has 0 fully saturated rings. The van der Waals surface area contributed by atoms with E-state index in [2.05, 4.69) is 9.98 Å². The molecule has 0 saturated heterocycles. The maximum absolute atomic E-state index is 12.0. The lowest BCUT2D eigenvalue weighted by Crippen LogP contribution is -2.51. The smallest absolute Gasteiger partial charge is 0.248 e. The minimum absolute atomic E-state index is 0.237. The van der Waals surface area contributed by atoms with E-state index >= 15 is 0 Å². The van der Waals surface area contributed by atoms with Crippen LogP contribution in [0.3, 0.4) is 0 Å². The maximum atomic E-state index is 12.0. The van der Waals surface area contributed by atoms with E-state index in [4.69, 9.17) is 0 Å². The number of hydrogen-bond acceptors (Lipinski definition) is 4. The zero-order valence-corrected chi connectivity index (χ0v) is 11.2. The number of rotatable bonds is 2. The van der Waals surface area contributed by atoms with E-state index in [1.807, 2.05) is 30.3 Å². The van der Waals surface area contributed by atoms with E-state index in [9.17, 15) is 9.59 Å². The lowest BCUT2D eigenvalue weighted by molar-refractivity contribution is -0.401. The lowest BCUT2D eigenvalue weighted by Gasteiger charge is -2.15. The predicted octanol–water partition coefficient (Wildman–Crippen LogP) is 0.715. The minimum atomic E-state index is -0.407. The predicted molar refractivity (Wildman–Crippen MR) is 74.4 cm³/mol. The summed E-state index contributed by atoms with van der Waals surface area (Å²) in [5, 5.41) is 0. The molecule has 0 spiro atoms. The van der Waals surface area contributed by atoms with Gasteiger partial charge < -0.3 is 0 Å². The summed E-state index contributed by atoms with van der Waals surface area (Å²) in [5.41, 5.74) is 1.30. The Morgan fingerprint density at radius 3 is 2.55 bits per heavy atom. The van der Waals surface area contributed by atoms with Crippen LogP contribution in [0, 0.1) is 0 Å². The monoisotopic (exact) mass is 269 g/mol. The van der Waals surface area contributed by atoms with Gasteiger partial charge in [0.25, 0.3) is 0 Å². The Bertz CT molecular complexity index is 701. The summed E-state index contributed by atoms with van der Waals surface area (Å²) in [6, 6.07) is 9.36. The topological polar surface area (TPSA) is 65.1 Å². The van der Waals surface area contributed by atoms with Crippen LogP contribution >= 0.6 is 0 Å². The van der Waals surface area contributed by atoms with E-state index < -0.39 is 11.9 Å². The van der Waals surface area contributed by atoms with Crippen molar-refractivity contribution >= 4 is 29.3 Å². The Morgan fingerprint density at radius 1 is 1.15 bits per heavy atom. The molecular weight excluding hydrogens is 256 g/mol. The van der Waals surface area contributed by atoms with Gasteiger partial charge in [-0.15, -0.1) is 0 Å². The molecule has 6 heteroatoms. The average molecular weight is 269 g/mol. The van der Waals surface area contributed by atoms with E-state index in [1.165, 1.54) is 11.6 Å². The largest absolute Gasteiger partial charge is 0.446 e. The van der Waals surface area contributed by atoms with Crippen LogP contribution in [-0.4, -0.2) is 52.9 Å². The van der Waals surface area contributed by atoms with Crippen molar-refractivity contribution in [2.24, 2.45) is 9.98 Å². The zero-order chi connectivity index (χ0) is 14.3. The van der Waals surface area contributed by atoms with Crippen molar-refractivity contribution in [3.05, 3.63) is 35.9 Å². The van der Waals surface area contributed by atoms with Gasteiger partial charge in [-0.05, 0) is 5.56 Å². The number of imide groups is 1. The van der Waals surface area contributed by atoms with Gasteiger partial charge in [-0.25, -0.2) is 14.6 Å². The highest BCUT2D eigenvalue weighted by atomic mass is 16.2. The van der Waals surface area contributed by atoms with Crippen molar-refractivity contribution in [2.75, 3.05) is 14.1 Å². The fourth-order valence-electron chi connectivity index (χ4n) is 2.18. The molecule has 2 aliphatic heterocycles. The fourth-order valence-corrected chi connectivity index (χ4v) is 2.18. The standard InChI is InChI=1S/C14H13N4O2/c1-17-12-11(13(19)18(2)14(17)20)15-10(16-12)8-9-6-4-3-5-7-9/h3-7H,8H2,1-2H3/q+1. The third-order valence-electron chi connectivity index (χ3n) is 3.29. The van der Waals surface area contributed by atoms with Crippen molar-refractivity contribution < 1.29 is 14.2 Å². The van der Waals surface area contributed by atoms with Crippen molar-refractivity contribution in [3.8, 4) is 0 Å². The maximum Gasteiger partial charge on any atom is 0.446 e. The van der Waals surface area contributed by atoms with Gasteiger partial charge in [0.1, 0.15) is 0 Å². The number of carbonyl (C=O) groups excluding carboxylic acids is 2. The summed E-state index contributed by atoms with van der Waals surface area (Å²) in [7, 11) is 3.03. The van der Waals surface area contributed by atoms with Crippen molar-refractivity contribution in [1.29, 1.82) is 0 Å². The highest BCUT2D eigenvalue weighted by molar-refractivity contribution is 6.70. The molecule has 2 aliphatic rings. The molecule has 0 saturated carbocycles. The molecule has 0 N–H and O–H groups in total. The number of nitrogens with zero attached hydrogens (tertiary/aromatic N) is 4. The van der Waals surface area contributed by atoms with Gasteiger partial charge in [0, 0.05) is 6.42 Å². The van der Waals surface area contributed by atoms with Crippen LogP contribution in [0.5, 0.6) is 0 Å². The second-order valence-electron chi connectivity index (χ2n) is 4.68. The molecule has 100 valence electrons. The number of amides is 3. The highest BCUT2D eigenvalue weighted by Crippen LogP contribution is 2.12. The Balaban J connectivity index is 1.97. The SMILES string of the molecule is CN1C(=O)C2=NC(Cc3ccccc3)=NC2=[N+](C)C1=O. The van der Waals surface area contributed by atoms with Gasteiger partial charge in [0.15, 0.2) is 0 Å². The van der Waals surface area contributed by atoms with Crippen LogP contribution < -0.4 is 0 Å². The first-order valence-corrected chi connectivity index (χ1v) is 6.21. The van der Waals surface area contributed by atoms with Crippen LogP contribution in [0.25, 0.3) is 0 Å². The van der Waals surface area contributed by atoms with Crippen LogP contribution in [0.2, 0.25) is 0 Å². The second kappa shape index (κ2) is 4.48. The Morgan fingerprint density at radius 2 is 1.85 bits per heavy atom. The number of urea groups is 1. The summed E-state index contributed by atoms with van der Waals surface area (Å²) >= 11 is 0. The normalized spacial score (nSPS) is 18.2. The van der Waals surface area contributed by atoms with E-state index in [-0.39, 0.29) is 5.71 Å². The lowest BCUT2D eigenvalue weighted by atomic mass is 10.1. The summed E-state index contributed by atoms with van der Waals surface area (Å²) in [4.78, 5) is 33.5. The quantitative estimate of drug-likeness (QED) is 0.742. The molecule has 2 heterocycles. The van der Waals surface area contributed by atoms with Gasteiger partial charge in [-0.3, -0.25) is 0 Å². The summed E-state index contributed by atoms with van der Waals surface area (Å²) in [6.07, 6.45) is 0.535. The Kier molecular flexibility index (Phi) is 2.78. The molecule has 1 aromatic carbocycles. The van der Waals surface area contributed by atoms with Gasteiger partial charge in [-0.2, -0.15) is 9.48 Å². The van der Waals surface area contributed by atoms with Crippen LogP contribution in [0.1, 0.15) is 5.56 Å². The van der Waals surface area contributed by atoms with Gasteiger partial charge in [0.05, 0.1) is 14.1 Å². The molecule has 0 aliphatic carbocycles. The molecule has 0 aromatic heterocycles. The first-order valence-electron chi connectivity index (χ1n) is 6.21. The summed E-state index contributed by atoms with van der Waals surface area (Å²) < 4.78 is 1.35. The number of carbonyl (C=O) groups is 2. The molecule has 20 heavy (non-hydrogen) atoms. The van der Waals surface area contributed by atoms with Gasteiger partial charge in [0.2, 0.25) is 11.5 Å².